The Morgan fingerprint density at radius 2 is 1.94 bits per heavy atom. The summed E-state index contributed by atoms with van der Waals surface area (Å²) in [7, 11) is 0. The SMILES string of the molecule is CCCCCCOOC(=O)C(C=O)CCOCC. The minimum atomic E-state index is -0.799. The van der Waals surface area contributed by atoms with Crippen LogP contribution in [0.3, 0.4) is 0 Å². The third kappa shape index (κ3) is 9.13. The monoisotopic (exact) mass is 260 g/mol. The van der Waals surface area contributed by atoms with Gasteiger partial charge in [0.2, 0.25) is 0 Å². The molecule has 0 aromatic carbocycles. The molecule has 18 heavy (non-hydrogen) atoms. The lowest BCUT2D eigenvalue weighted by atomic mass is 10.1. The summed E-state index contributed by atoms with van der Waals surface area (Å²) in [5.74, 6) is -1.44. The van der Waals surface area contributed by atoms with Gasteiger partial charge in [-0.25, -0.2) is 4.79 Å². The smallest absolute Gasteiger partial charge is 0.352 e. The number of carbonyl (C=O) groups is 2. The molecule has 0 saturated heterocycles. The van der Waals surface area contributed by atoms with E-state index in [9.17, 15) is 9.59 Å². The summed E-state index contributed by atoms with van der Waals surface area (Å²) < 4.78 is 5.08. The Bertz CT molecular complexity index is 217. The second-order valence-corrected chi connectivity index (χ2v) is 4.01. The van der Waals surface area contributed by atoms with Crippen molar-refractivity contribution in [1.82, 2.24) is 0 Å². The lowest BCUT2D eigenvalue weighted by Gasteiger charge is -2.09. The molecule has 0 bridgehead atoms. The van der Waals surface area contributed by atoms with Crippen LogP contribution >= 0.6 is 0 Å². The maximum atomic E-state index is 11.4. The van der Waals surface area contributed by atoms with Gasteiger partial charge in [-0.15, -0.1) is 0 Å². The Labute approximate surface area is 109 Å². The number of rotatable bonds is 12. The van der Waals surface area contributed by atoms with E-state index in [1.54, 1.807) is 0 Å². The molecule has 0 aliphatic carbocycles. The van der Waals surface area contributed by atoms with Gasteiger partial charge in [0.05, 0.1) is 6.61 Å². The van der Waals surface area contributed by atoms with Crippen LogP contribution in [0.1, 0.15) is 46.0 Å². The van der Waals surface area contributed by atoms with Gasteiger partial charge in [-0.05, 0) is 19.8 Å². The third-order valence-corrected chi connectivity index (χ3v) is 2.47. The Morgan fingerprint density at radius 3 is 2.56 bits per heavy atom. The van der Waals surface area contributed by atoms with Crippen molar-refractivity contribution in [3.63, 3.8) is 0 Å². The Balaban J connectivity index is 3.60. The van der Waals surface area contributed by atoms with Crippen molar-refractivity contribution in [2.75, 3.05) is 19.8 Å². The first kappa shape index (κ1) is 17.1. The van der Waals surface area contributed by atoms with Gasteiger partial charge in [0.1, 0.15) is 12.2 Å². The Morgan fingerprint density at radius 1 is 1.17 bits per heavy atom. The van der Waals surface area contributed by atoms with Crippen molar-refractivity contribution in [3.8, 4) is 0 Å². The van der Waals surface area contributed by atoms with E-state index in [1.165, 1.54) is 0 Å². The number of unbranched alkanes of at least 4 members (excludes halogenated alkanes) is 3. The van der Waals surface area contributed by atoms with Crippen LogP contribution in [0.25, 0.3) is 0 Å². The summed E-state index contributed by atoms with van der Waals surface area (Å²) in [4.78, 5) is 31.5. The van der Waals surface area contributed by atoms with E-state index < -0.39 is 11.9 Å². The highest BCUT2D eigenvalue weighted by atomic mass is 17.2. The first-order valence-electron chi connectivity index (χ1n) is 6.62. The number of ether oxygens (including phenoxy) is 1. The molecule has 0 N–H and O–H groups in total. The zero-order valence-corrected chi connectivity index (χ0v) is 11.4. The summed E-state index contributed by atoms with van der Waals surface area (Å²) in [6, 6.07) is 0. The molecule has 5 nitrogen and oxygen atoms in total. The predicted octanol–water partition coefficient (Wildman–Crippen LogP) is 2.28. The zero-order chi connectivity index (χ0) is 13.6. The van der Waals surface area contributed by atoms with Gasteiger partial charge >= 0.3 is 5.97 Å². The second kappa shape index (κ2) is 12.5. The quantitative estimate of drug-likeness (QED) is 0.177. The van der Waals surface area contributed by atoms with Gasteiger partial charge in [0, 0.05) is 13.2 Å². The third-order valence-electron chi connectivity index (χ3n) is 2.47. The fourth-order valence-electron chi connectivity index (χ4n) is 1.35. The largest absolute Gasteiger partial charge is 0.382 e. The average Bonchev–Trinajstić information content (AvgIpc) is 2.38. The van der Waals surface area contributed by atoms with Crippen LogP contribution in [0.5, 0.6) is 0 Å². The van der Waals surface area contributed by atoms with E-state index in [0.29, 0.717) is 32.5 Å². The van der Waals surface area contributed by atoms with Gasteiger partial charge in [-0.2, -0.15) is 4.89 Å². The van der Waals surface area contributed by atoms with E-state index in [4.69, 9.17) is 9.62 Å². The van der Waals surface area contributed by atoms with Crippen molar-refractivity contribution >= 4 is 12.3 Å². The van der Waals surface area contributed by atoms with Crippen molar-refractivity contribution in [3.05, 3.63) is 0 Å². The predicted molar refractivity (Wildman–Crippen MR) is 66.9 cm³/mol. The van der Waals surface area contributed by atoms with Crippen LogP contribution in [-0.4, -0.2) is 32.1 Å². The van der Waals surface area contributed by atoms with Gasteiger partial charge in [0.25, 0.3) is 0 Å². The molecule has 0 radical (unpaired) electrons. The highest BCUT2D eigenvalue weighted by Gasteiger charge is 2.20. The maximum Gasteiger partial charge on any atom is 0.352 e. The molecule has 1 atom stereocenters. The Hall–Kier alpha value is -0.940. The van der Waals surface area contributed by atoms with Crippen molar-refractivity contribution in [2.24, 2.45) is 5.92 Å². The average molecular weight is 260 g/mol. The molecule has 0 spiro atoms. The van der Waals surface area contributed by atoms with Gasteiger partial charge in [-0.1, -0.05) is 26.2 Å². The van der Waals surface area contributed by atoms with Crippen LogP contribution in [0, 0.1) is 5.92 Å². The fraction of sp³-hybridized carbons (Fsp3) is 0.846. The standard InChI is InChI=1S/C13H24O5/c1-3-5-6-7-9-17-18-13(15)12(11-14)8-10-16-4-2/h11-12H,3-10H2,1-2H3. The molecule has 0 aromatic heterocycles. The lowest BCUT2D eigenvalue weighted by Crippen LogP contribution is -2.21. The lowest BCUT2D eigenvalue weighted by molar-refractivity contribution is -0.275. The van der Waals surface area contributed by atoms with Crippen molar-refractivity contribution < 1.29 is 24.1 Å². The fourth-order valence-corrected chi connectivity index (χ4v) is 1.35. The topological polar surface area (TPSA) is 61.8 Å². The zero-order valence-electron chi connectivity index (χ0n) is 11.4. The summed E-state index contributed by atoms with van der Waals surface area (Å²) in [6.45, 7) is 5.28. The van der Waals surface area contributed by atoms with E-state index in [0.717, 1.165) is 25.7 Å². The van der Waals surface area contributed by atoms with Gasteiger partial charge in [0.15, 0.2) is 0 Å². The van der Waals surface area contributed by atoms with Gasteiger partial charge in [-0.3, -0.25) is 4.89 Å². The first-order valence-corrected chi connectivity index (χ1v) is 6.62. The summed E-state index contributed by atoms with van der Waals surface area (Å²) in [5.41, 5.74) is 0. The van der Waals surface area contributed by atoms with Crippen LogP contribution in [-0.2, 0) is 24.1 Å². The second-order valence-electron chi connectivity index (χ2n) is 4.01. The number of carbonyl (C=O) groups excluding carboxylic acids is 2. The Kier molecular flexibility index (Phi) is 11.9. The molecule has 1 unspecified atom stereocenters. The molecule has 0 aliphatic heterocycles. The summed E-state index contributed by atoms with van der Waals surface area (Å²) in [6.07, 6.45) is 5.09. The molecule has 0 aliphatic rings. The summed E-state index contributed by atoms with van der Waals surface area (Å²) >= 11 is 0. The molecular weight excluding hydrogens is 236 g/mol. The number of hydrogen-bond donors (Lipinski definition) is 0. The van der Waals surface area contributed by atoms with E-state index >= 15 is 0 Å². The van der Waals surface area contributed by atoms with E-state index in [-0.39, 0.29) is 0 Å². The molecule has 0 saturated carbocycles. The minimum Gasteiger partial charge on any atom is -0.382 e. The molecular formula is C13H24O5. The number of aldehydes is 1. The normalized spacial score (nSPS) is 12.1. The van der Waals surface area contributed by atoms with Crippen molar-refractivity contribution in [1.29, 1.82) is 0 Å². The molecule has 0 amide bonds. The highest BCUT2D eigenvalue weighted by Crippen LogP contribution is 2.05. The molecule has 0 fully saturated rings. The molecule has 5 heteroatoms. The molecule has 0 heterocycles. The van der Waals surface area contributed by atoms with E-state index in [1.807, 2.05) is 6.92 Å². The van der Waals surface area contributed by atoms with Crippen LogP contribution in [0.15, 0.2) is 0 Å². The molecule has 106 valence electrons. The highest BCUT2D eigenvalue weighted by molar-refractivity contribution is 5.87. The first-order chi connectivity index (χ1) is 8.76. The molecule has 0 rings (SSSR count). The van der Waals surface area contributed by atoms with Crippen LogP contribution in [0.2, 0.25) is 0 Å². The number of hydrogen-bond acceptors (Lipinski definition) is 5. The van der Waals surface area contributed by atoms with Gasteiger partial charge < -0.3 is 9.53 Å². The van der Waals surface area contributed by atoms with Crippen molar-refractivity contribution in [2.45, 2.75) is 46.0 Å². The minimum absolute atomic E-state index is 0.329. The van der Waals surface area contributed by atoms with E-state index in [2.05, 4.69) is 11.8 Å². The molecule has 0 aromatic rings. The van der Waals surface area contributed by atoms with Crippen LogP contribution in [0.4, 0.5) is 0 Å². The summed E-state index contributed by atoms with van der Waals surface area (Å²) in [5, 5.41) is 0. The maximum absolute atomic E-state index is 11.4. The van der Waals surface area contributed by atoms with Crippen LogP contribution < -0.4 is 0 Å².